The van der Waals surface area contributed by atoms with Gasteiger partial charge in [0.1, 0.15) is 6.04 Å². The van der Waals surface area contributed by atoms with Crippen molar-refractivity contribution < 1.29 is 19.1 Å². The second kappa shape index (κ2) is 8.65. The second-order valence-electron chi connectivity index (χ2n) is 7.62. The molecule has 158 valence electrons. The molecule has 1 fully saturated rings. The number of hydrogen-bond donors (Lipinski definition) is 2. The van der Waals surface area contributed by atoms with Crippen molar-refractivity contribution in [2.24, 2.45) is 0 Å². The first kappa shape index (κ1) is 20.1. The van der Waals surface area contributed by atoms with Gasteiger partial charge in [-0.15, -0.1) is 0 Å². The maximum atomic E-state index is 12.6. The number of carbonyl (C=O) groups excluding carboxylic acids is 2. The van der Waals surface area contributed by atoms with Crippen LogP contribution in [0.1, 0.15) is 35.2 Å². The van der Waals surface area contributed by atoms with Crippen LogP contribution in [0.5, 0.6) is 11.5 Å². The molecule has 0 bridgehead atoms. The van der Waals surface area contributed by atoms with Gasteiger partial charge in [0, 0.05) is 18.7 Å². The van der Waals surface area contributed by atoms with E-state index < -0.39 is 0 Å². The highest BCUT2D eigenvalue weighted by molar-refractivity contribution is 6.05. The summed E-state index contributed by atoms with van der Waals surface area (Å²) in [5.41, 5.74) is 3.30. The van der Waals surface area contributed by atoms with E-state index >= 15 is 0 Å². The van der Waals surface area contributed by atoms with E-state index in [1.807, 2.05) is 30.3 Å². The van der Waals surface area contributed by atoms with E-state index in [4.69, 9.17) is 9.47 Å². The van der Waals surface area contributed by atoms with Gasteiger partial charge in [-0.2, -0.15) is 0 Å². The number of nitrogens with zero attached hydrogens (tertiary/aromatic N) is 1. The monoisotopic (exact) mass is 409 g/mol. The molecule has 7 nitrogen and oxygen atoms in total. The third kappa shape index (κ3) is 3.92. The van der Waals surface area contributed by atoms with Crippen LogP contribution in [0.2, 0.25) is 0 Å². The first-order valence-electron chi connectivity index (χ1n) is 10.3. The highest BCUT2D eigenvalue weighted by Crippen LogP contribution is 2.36. The van der Waals surface area contributed by atoms with Crippen LogP contribution in [-0.4, -0.2) is 45.2 Å². The van der Waals surface area contributed by atoms with Gasteiger partial charge in [0.05, 0.1) is 25.6 Å². The number of amides is 2. The molecule has 2 aliphatic rings. The quantitative estimate of drug-likeness (QED) is 0.767. The Morgan fingerprint density at radius 3 is 2.77 bits per heavy atom. The zero-order valence-electron chi connectivity index (χ0n) is 17.4. The van der Waals surface area contributed by atoms with Crippen LogP contribution in [0, 0.1) is 0 Å². The SMILES string of the molecule is COc1ccc(CCNC(=O)c2ccc3c(c2)NC(=O)C2CCCCN32)cc1OC. The van der Waals surface area contributed by atoms with Gasteiger partial charge < -0.3 is 25.0 Å². The summed E-state index contributed by atoms with van der Waals surface area (Å²) in [6, 6.07) is 11.2. The Balaban J connectivity index is 1.40. The van der Waals surface area contributed by atoms with Gasteiger partial charge in [-0.05, 0) is 61.6 Å². The normalized spacial score (nSPS) is 17.5. The number of methoxy groups -OCH3 is 2. The maximum Gasteiger partial charge on any atom is 0.251 e. The van der Waals surface area contributed by atoms with E-state index in [9.17, 15) is 9.59 Å². The largest absolute Gasteiger partial charge is 0.493 e. The van der Waals surface area contributed by atoms with Crippen molar-refractivity contribution in [1.82, 2.24) is 5.32 Å². The lowest BCUT2D eigenvalue weighted by molar-refractivity contribution is -0.118. The summed E-state index contributed by atoms with van der Waals surface area (Å²) in [6.07, 6.45) is 3.71. The average Bonchev–Trinajstić information content (AvgIpc) is 2.78. The summed E-state index contributed by atoms with van der Waals surface area (Å²) < 4.78 is 10.6. The van der Waals surface area contributed by atoms with E-state index in [2.05, 4.69) is 15.5 Å². The van der Waals surface area contributed by atoms with E-state index in [1.54, 1.807) is 20.3 Å². The van der Waals surface area contributed by atoms with E-state index in [-0.39, 0.29) is 17.9 Å². The predicted octanol–water partition coefficient (Wildman–Crippen LogP) is 2.99. The fraction of sp³-hybridized carbons (Fsp3) is 0.391. The number of anilines is 2. The van der Waals surface area contributed by atoms with Crippen LogP contribution in [0.15, 0.2) is 36.4 Å². The van der Waals surface area contributed by atoms with Crippen molar-refractivity contribution in [2.45, 2.75) is 31.7 Å². The fourth-order valence-corrected chi connectivity index (χ4v) is 4.19. The van der Waals surface area contributed by atoms with Crippen LogP contribution >= 0.6 is 0 Å². The molecule has 2 heterocycles. The summed E-state index contributed by atoms with van der Waals surface area (Å²) in [6.45, 7) is 1.37. The molecule has 2 aromatic carbocycles. The Bertz CT molecular complexity index is 959. The Morgan fingerprint density at radius 1 is 1.13 bits per heavy atom. The van der Waals surface area contributed by atoms with Crippen molar-refractivity contribution >= 4 is 23.2 Å². The number of ether oxygens (including phenoxy) is 2. The number of nitrogens with one attached hydrogen (secondary N) is 2. The molecule has 1 unspecified atom stereocenters. The molecule has 30 heavy (non-hydrogen) atoms. The third-order valence-corrected chi connectivity index (χ3v) is 5.78. The number of fused-ring (bicyclic) bond motifs is 3. The summed E-state index contributed by atoms with van der Waals surface area (Å²) in [5.74, 6) is 1.21. The molecule has 2 aromatic rings. The van der Waals surface area contributed by atoms with Gasteiger partial charge in [0.25, 0.3) is 5.91 Å². The Morgan fingerprint density at radius 2 is 1.97 bits per heavy atom. The molecule has 2 N–H and O–H groups in total. The first-order chi connectivity index (χ1) is 14.6. The lowest BCUT2D eigenvalue weighted by Gasteiger charge is -2.41. The standard InChI is InChI=1S/C23H27N3O4/c1-29-20-9-6-15(13-21(20)30-2)10-11-24-22(27)16-7-8-18-17(14-16)25-23(28)19-5-3-4-12-26(18)19/h6-9,13-14,19H,3-5,10-12H2,1-2H3,(H,24,27)(H,25,28). The Labute approximate surface area is 176 Å². The van der Waals surface area contributed by atoms with E-state index in [0.717, 1.165) is 37.1 Å². The minimum atomic E-state index is -0.159. The number of benzene rings is 2. The molecule has 4 rings (SSSR count). The third-order valence-electron chi connectivity index (χ3n) is 5.78. The van der Waals surface area contributed by atoms with Crippen molar-refractivity contribution in [3.8, 4) is 11.5 Å². The Kier molecular flexibility index (Phi) is 5.79. The van der Waals surface area contributed by atoms with Crippen molar-refractivity contribution in [2.75, 3.05) is 37.5 Å². The number of carbonyl (C=O) groups is 2. The summed E-state index contributed by atoms with van der Waals surface area (Å²) in [5, 5.41) is 5.92. The van der Waals surface area contributed by atoms with Crippen LogP contribution in [-0.2, 0) is 11.2 Å². The average molecular weight is 409 g/mol. The number of hydrogen-bond acceptors (Lipinski definition) is 5. The summed E-state index contributed by atoms with van der Waals surface area (Å²) in [4.78, 5) is 27.2. The molecule has 0 aromatic heterocycles. The highest BCUT2D eigenvalue weighted by Gasteiger charge is 2.34. The molecular formula is C23H27N3O4. The van der Waals surface area contributed by atoms with Crippen LogP contribution in [0.3, 0.4) is 0 Å². The maximum absolute atomic E-state index is 12.6. The molecule has 0 saturated carbocycles. The topological polar surface area (TPSA) is 79.9 Å². The Hall–Kier alpha value is -3.22. The van der Waals surface area contributed by atoms with Gasteiger partial charge in [-0.3, -0.25) is 9.59 Å². The van der Waals surface area contributed by atoms with Gasteiger partial charge in [0.2, 0.25) is 5.91 Å². The van der Waals surface area contributed by atoms with Crippen LogP contribution in [0.25, 0.3) is 0 Å². The molecule has 2 aliphatic heterocycles. The first-order valence-corrected chi connectivity index (χ1v) is 10.3. The minimum absolute atomic E-state index is 0.0215. The van der Waals surface area contributed by atoms with E-state index in [0.29, 0.717) is 35.7 Å². The molecule has 0 spiro atoms. The zero-order valence-corrected chi connectivity index (χ0v) is 17.4. The molecular weight excluding hydrogens is 382 g/mol. The number of piperidine rings is 1. The molecule has 1 saturated heterocycles. The second-order valence-corrected chi connectivity index (χ2v) is 7.62. The fourth-order valence-electron chi connectivity index (χ4n) is 4.19. The molecule has 2 amide bonds. The van der Waals surface area contributed by atoms with Gasteiger partial charge >= 0.3 is 0 Å². The smallest absolute Gasteiger partial charge is 0.251 e. The molecule has 0 aliphatic carbocycles. The lowest BCUT2D eigenvalue weighted by Crippen LogP contribution is -2.50. The number of rotatable bonds is 6. The van der Waals surface area contributed by atoms with Gasteiger partial charge in [-0.25, -0.2) is 0 Å². The lowest BCUT2D eigenvalue weighted by atomic mass is 9.97. The molecule has 0 radical (unpaired) electrons. The van der Waals surface area contributed by atoms with Crippen LogP contribution < -0.4 is 25.0 Å². The van der Waals surface area contributed by atoms with Crippen molar-refractivity contribution in [1.29, 1.82) is 0 Å². The molecule has 7 heteroatoms. The van der Waals surface area contributed by atoms with Crippen LogP contribution in [0.4, 0.5) is 11.4 Å². The van der Waals surface area contributed by atoms with Gasteiger partial charge in [-0.1, -0.05) is 6.07 Å². The summed E-state index contributed by atoms with van der Waals surface area (Å²) >= 11 is 0. The zero-order chi connectivity index (χ0) is 21.1. The predicted molar refractivity (Wildman–Crippen MR) is 116 cm³/mol. The highest BCUT2D eigenvalue weighted by atomic mass is 16.5. The van der Waals surface area contributed by atoms with Gasteiger partial charge in [0.15, 0.2) is 11.5 Å². The van der Waals surface area contributed by atoms with Crippen molar-refractivity contribution in [3.05, 3.63) is 47.5 Å². The van der Waals surface area contributed by atoms with E-state index in [1.165, 1.54) is 0 Å². The molecule has 1 atom stereocenters. The minimum Gasteiger partial charge on any atom is -0.493 e. The summed E-state index contributed by atoms with van der Waals surface area (Å²) in [7, 11) is 3.20. The van der Waals surface area contributed by atoms with Crippen molar-refractivity contribution in [3.63, 3.8) is 0 Å².